The standard InChI is InChI=1S/C19H27F2N3O3S/c1-28(25,26)23-14-4-11-8-24(9-12(11)5-14)15-7-18(22)19(27-10-15)16-6-13(20)2-3-17(16)21/h2-3,6,11-12,14-15,18-19,23H,4-5,7-10,22H2,1H3/t11?,12?,14?,15-,18+,19-/m1/s1. The van der Waals surface area contributed by atoms with E-state index in [4.69, 9.17) is 10.5 Å². The van der Waals surface area contributed by atoms with Gasteiger partial charge in [-0.15, -0.1) is 0 Å². The minimum Gasteiger partial charge on any atom is -0.370 e. The van der Waals surface area contributed by atoms with Gasteiger partial charge in [0.25, 0.3) is 0 Å². The summed E-state index contributed by atoms with van der Waals surface area (Å²) in [6.07, 6.45) is 2.92. The fourth-order valence-corrected chi connectivity index (χ4v) is 5.98. The van der Waals surface area contributed by atoms with Gasteiger partial charge in [-0.05, 0) is 49.3 Å². The number of benzene rings is 1. The summed E-state index contributed by atoms with van der Waals surface area (Å²) >= 11 is 0. The summed E-state index contributed by atoms with van der Waals surface area (Å²) in [5, 5.41) is 0. The average molecular weight is 416 g/mol. The quantitative estimate of drug-likeness (QED) is 0.776. The number of hydrogen-bond acceptors (Lipinski definition) is 5. The van der Waals surface area contributed by atoms with E-state index in [-0.39, 0.29) is 17.6 Å². The number of ether oxygens (including phenoxy) is 1. The summed E-state index contributed by atoms with van der Waals surface area (Å²) in [5.74, 6) is -0.0675. The van der Waals surface area contributed by atoms with Gasteiger partial charge in [0.15, 0.2) is 0 Å². The van der Waals surface area contributed by atoms with Crippen LogP contribution in [-0.4, -0.2) is 57.4 Å². The van der Waals surface area contributed by atoms with Gasteiger partial charge >= 0.3 is 0 Å². The van der Waals surface area contributed by atoms with Crippen molar-refractivity contribution in [2.45, 2.75) is 43.5 Å². The molecule has 0 radical (unpaired) electrons. The topological polar surface area (TPSA) is 84.7 Å². The normalized spacial score (nSPS) is 36.6. The van der Waals surface area contributed by atoms with Crippen LogP contribution < -0.4 is 10.5 Å². The molecule has 0 aromatic heterocycles. The molecular formula is C19H27F2N3O3S. The van der Waals surface area contributed by atoms with Gasteiger partial charge < -0.3 is 10.5 Å². The molecule has 0 spiro atoms. The van der Waals surface area contributed by atoms with Gasteiger partial charge in [0.1, 0.15) is 17.7 Å². The van der Waals surface area contributed by atoms with Crippen molar-refractivity contribution in [2.75, 3.05) is 26.0 Å². The van der Waals surface area contributed by atoms with Crippen molar-refractivity contribution in [1.29, 1.82) is 0 Å². The third kappa shape index (κ3) is 4.23. The van der Waals surface area contributed by atoms with Gasteiger partial charge in [-0.25, -0.2) is 21.9 Å². The van der Waals surface area contributed by atoms with E-state index in [0.717, 1.165) is 44.1 Å². The molecule has 0 bridgehead atoms. The van der Waals surface area contributed by atoms with Crippen molar-refractivity contribution in [3.05, 3.63) is 35.4 Å². The highest BCUT2D eigenvalue weighted by Crippen LogP contribution is 2.41. The first-order chi connectivity index (χ1) is 13.2. The molecule has 1 aromatic carbocycles. The second-order valence-corrected chi connectivity index (χ2v) is 10.3. The monoisotopic (exact) mass is 415 g/mol. The predicted molar refractivity (Wildman–Crippen MR) is 101 cm³/mol. The van der Waals surface area contributed by atoms with E-state index in [1.54, 1.807) is 0 Å². The Bertz CT molecular complexity index is 824. The number of likely N-dealkylation sites (tertiary alicyclic amines) is 1. The molecule has 28 heavy (non-hydrogen) atoms. The average Bonchev–Trinajstić information content (AvgIpc) is 3.14. The summed E-state index contributed by atoms with van der Waals surface area (Å²) in [5.41, 5.74) is 6.46. The smallest absolute Gasteiger partial charge is 0.208 e. The molecule has 156 valence electrons. The Hall–Kier alpha value is -1.13. The van der Waals surface area contributed by atoms with Crippen molar-refractivity contribution in [1.82, 2.24) is 9.62 Å². The van der Waals surface area contributed by atoms with E-state index in [1.807, 2.05) is 0 Å². The first-order valence-electron chi connectivity index (χ1n) is 9.73. The van der Waals surface area contributed by atoms with Crippen molar-refractivity contribution >= 4 is 10.0 Å². The predicted octanol–water partition coefficient (Wildman–Crippen LogP) is 1.38. The maximum Gasteiger partial charge on any atom is 0.208 e. The Balaban J connectivity index is 1.34. The Kier molecular flexibility index (Phi) is 5.47. The fraction of sp³-hybridized carbons (Fsp3) is 0.684. The van der Waals surface area contributed by atoms with Gasteiger partial charge in [0.05, 0.1) is 12.9 Å². The van der Waals surface area contributed by atoms with E-state index in [2.05, 4.69) is 9.62 Å². The molecule has 2 unspecified atom stereocenters. The van der Waals surface area contributed by atoms with Gasteiger partial charge in [0, 0.05) is 36.8 Å². The molecule has 4 rings (SSSR count). The van der Waals surface area contributed by atoms with E-state index in [9.17, 15) is 17.2 Å². The summed E-state index contributed by atoms with van der Waals surface area (Å²) < 4.78 is 59.1. The molecule has 3 fully saturated rings. The van der Waals surface area contributed by atoms with E-state index < -0.39 is 33.8 Å². The molecule has 2 saturated heterocycles. The molecule has 6 nitrogen and oxygen atoms in total. The Labute approximate surface area is 164 Å². The van der Waals surface area contributed by atoms with Crippen LogP contribution in [0.4, 0.5) is 8.78 Å². The van der Waals surface area contributed by atoms with E-state index >= 15 is 0 Å². The molecule has 2 aliphatic heterocycles. The minimum absolute atomic E-state index is 0.0253. The van der Waals surface area contributed by atoms with Gasteiger partial charge in [0.2, 0.25) is 10.0 Å². The summed E-state index contributed by atoms with van der Waals surface area (Å²) in [4.78, 5) is 2.37. The van der Waals surface area contributed by atoms with Crippen LogP contribution in [0.5, 0.6) is 0 Å². The number of rotatable bonds is 4. The van der Waals surface area contributed by atoms with Crippen molar-refractivity contribution in [3.63, 3.8) is 0 Å². The lowest BCUT2D eigenvalue weighted by molar-refractivity contribution is -0.0485. The molecule has 5 atom stereocenters. The molecule has 1 aromatic rings. The maximum absolute atomic E-state index is 14.1. The van der Waals surface area contributed by atoms with Crippen LogP contribution in [0.25, 0.3) is 0 Å². The number of hydrogen-bond donors (Lipinski definition) is 2. The Morgan fingerprint density at radius 1 is 1.18 bits per heavy atom. The van der Waals surface area contributed by atoms with Crippen molar-refractivity contribution < 1.29 is 21.9 Å². The van der Waals surface area contributed by atoms with Crippen LogP contribution in [-0.2, 0) is 14.8 Å². The molecule has 1 saturated carbocycles. The van der Waals surface area contributed by atoms with Crippen molar-refractivity contribution in [3.8, 4) is 0 Å². The fourth-order valence-electron chi connectivity index (χ4n) is 5.19. The third-order valence-electron chi connectivity index (χ3n) is 6.34. The highest BCUT2D eigenvalue weighted by Gasteiger charge is 2.45. The summed E-state index contributed by atoms with van der Waals surface area (Å²) in [6.45, 7) is 2.22. The second-order valence-electron chi connectivity index (χ2n) is 8.51. The van der Waals surface area contributed by atoms with Crippen LogP contribution in [0.1, 0.15) is 30.9 Å². The highest BCUT2D eigenvalue weighted by atomic mass is 32.2. The first-order valence-corrected chi connectivity index (χ1v) is 11.6. The number of nitrogens with zero attached hydrogens (tertiary/aromatic N) is 1. The van der Waals surface area contributed by atoms with E-state index in [0.29, 0.717) is 24.9 Å². The highest BCUT2D eigenvalue weighted by molar-refractivity contribution is 7.88. The number of sulfonamides is 1. The molecule has 3 N–H and O–H groups in total. The van der Waals surface area contributed by atoms with Crippen LogP contribution in [0.3, 0.4) is 0 Å². The number of nitrogens with two attached hydrogens (primary N) is 1. The van der Waals surface area contributed by atoms with Gasteiger partial charge in [-0.3, -0.25) is 4.90 Å². The minimum atomic E-state index is -3.18. The lowest BCUT2D eigenvalue weighted by atomic mass is 9.93. The first kappa shape index (κ1) is 20.2. The Morgan fingerprint density at radius 2 is 1.86 bits per heavy atom. The van der Waals surface area contributed by atoms with Crippen LogP contribution in [0, 0.1) is 23.5 Å². The number of halogens is 2. The summed E-state index contributed by atoms with van der Waals surface area (Å²) in [7, 11) is -3.18. The van der Waals surface area contributed by atoms with Crippen LogP contribution in [0.15, 0.2) is 18.2 Å². The lowest BCUT2D eigenvalue weighted by Crippen LogP contribution is -2.49. The SMILES string of the molecule is CS(=O)(=O)NC1CC2CN([C@H]3CO[C@H](c4cc(F)ccc4F)[C@@H](N)C3)CC2C1. The molecule has 2 heterocycles. The second kappa shape index (κ2) is 7.60. The van der Waals surface area contributed by atoms with Crippen LogP contribution in [0.2, 0.25) is 0 Å². The number of fused-ring (bicyclic) bond motifs is 1. The molecule has 3 aliphatic rings. The molecular weight excluding hydrogens is 388 g/mol. The number of nitrogens with one attached hydrogen (secondary N) is 1. The van der Waals surface area contributed by atoms with Crippen molar-refractivity contribution in [2.24, 2.45) is 17.6 Å². The molecule has 9 heteroatoms. The molecule has 1 aliphatic carbocycles. The maximum atomic E-state index is 14.1. The summed E-state index contributed by atoms with van der Waals surface area (Å²) in [6, 6.07) is 3.12. The van der Waals surface area contributed by atoms with Crippen LogP contribution >= 0.6 is 0 Å². The van der Waals surface area contributed by atoms with E-state index in [1.165, 1.54) is 6.26 Å². The molecule has 0 amide bonds. The van der Waals surface area contributed by atoms with Gasteiger partial charge in [-0.2, -0.15) is 0 Å². The zero-order valence-corrected chi connectivity index (χ0v) is 16.7. The zero-order chi connectivity index (χ0) is 20.1. The van der Waals surface area contributed by atoms with Gasteiger partial charge in [-0.1, -0.05) is 0 Å². The third-order valence-corrected chi connectivity index (χ3v) is 7.10. The zero-order valence-electron chi connectivity index (χ0n) is 15.9. The lowest BCUT2D eigenvalue weighted by Gasteiger charge is -2.39. The Morgan fingerprint density at radius 3 is 2.46 bits per heavy atom. The largest absolute Gasteiger partial charge is 0.370 e.